The number of phenolic OH excluding ortho intramolecular Hbond substituents is 2. The van der Waals surface area contributed by atoms with Gasteiger partial charge in [0.1, 0.15) is 22.5 Å². The molecule has 45 heavy (non-hydrogen) atoms. The van der Waals surface area contributed by atoms with E-state index in [1.54, 1.807) is 12.1 Å². The van der Waals surface area contributed by atoms with Crippen LogP contribution < -0.4 is 0 Å². The van der Waals surface area contributed by atoms with E-state index in [1.807, 2.05) is 72.1 Å². The lowest BCUT2D eigenvalue weighted by Gasteiger charge is -2.22. The SMILES string of the molecule is Oc1cccc2ccc(CN3CCOCCOCCN(Cc4ccc5cccc(O)c5n4)CCSCCOCCSCC3)nc12. The molecule has 0 atom stereocenters. The van der Waals surface area contributed by atoms with E-state index < -0.39 is 0 Å². The van der Waals surface area contributed by atoms with Gasteiger partial charge >= 0.3 is 0 Å². The van der Waals surface area contributed by atoms with Gasteiger partial charge in [0.15, 0.2) is 0 Å². The highest BCUT2D eigenvalue weighted by Gasteiger charge is 2.12. The number of phenols is 2. The fourth-order valence-electron chi connectivity index (χ4n) is 5.16. The summed E-state index contributed by atoms with van der Waals surface area (Å²) in [4.78, 5) is 14.2. The van der Waals surface area contributed by atoms with Gasteiger partial charge in [-0.05, 0) is 24.3 Å². The maximum Gasteiger partial charge on any atom is 0.141 e. The van der Waals surface area contributed by atoms with Crippen molar-refractivity contribution in [3.05, 3.63) is 72.1 Å². The molecule has 0 bridgehead atoms. The van der Waals surface area contributed by atoms with Gasteiger partial charge in [-0.3, -0.25) is 9.80 Å². The molecule has 242 valence electrons. The predicted molar refractivity (Wildman–Crippen MR) is 184 cm³/mol. The summed E-state index contributed by atoms with van der Waals surface area (Å²) in [6.45, 7) is 8.62. The summed E-state index contributed by atoms with van der Waals surface area (Å²) >= 11 is 3.81. The van der Waals surface area contributed by atoms with Crippen molar-refractivity contribution in [2.24, 2.45) is 0 Å². The van der Waals surface area contributed by atoms with Gasteiger partial charge in [-0.1, -0.05) is 36.4 Å². The Balaban J connectivity index is 1.13. The molecule has 0 saturated carbocycles. The van der Waals surface area contributed by atoms with Crippen LogP contribution in [0.25, 0.3) is 21.8 Å². The number of fused-ring (bicyclic) bond motifs is 2. The molecule has 2 N–H and O–H groups in total. The number of ether oxygens (including phenoxy) is 3. The number of para-hydroxylation sites is 2. The van der Waals surface area contributed by atoms with E-state index in [4.69, 9.17) is 24.2 Å². The van der Waals surface area contributed by atoms with Crippen LogP contribution in [0, 0.1) is 0 Å². The highest BCUT2D eigenvalue weighted by Crippen LogP contribution is 2.24. The van der Waals surface area contributed by atoms with Gasteiger partial charge in [0.2, 0.25) is 0 Å². The molecule has 0 amide bonds. The third kappa shape index (κ3) is 11.0. The van der Waals surface area contributed by atoms with Gasteiger partial charge in [0.25, 0.3) is 0 Å². The largest absolute Gasteiger partial charge is 0.506 e. The number of rotatable bonds is 4. The van der Waals surface area contributed by atoms with Crippen LogP contribution >= 0.6 is 23.5 Å². The lowest BCUT2D eigenvalue weighted by molar-refractivity contribution is 0.0307. The molecule has 11 heteroatoms. The van der Waals surface area contributed by atoms with E-state index in [1.165, 1.54) is 0 Å². The zero-order valence-corrected chi connectivity index (χ0v) is 27.4. The van der Waals surface area contributed by atoms with E-state index in [-0.39, 0.29) is 11.5 Å². The summed E-state index contributed by atoms with van der Waals surface area (Å²) in [5, 5.41) is 22.4. The van der Waals surface area contributed by atoms with Crippen LogP contribution in [0.1, 0.15) is 11.4 Å². The van der Waals surface area contributed by atoms with E-state index in [0.29, 0.717) is 50.6 Å². The third-order valence-electron chi connectivity index (χ3n) is 7.61. The average Bonchev–Trinajstić information content (AvgIpc) is 3.05. The normalized spacial score (nSPS) is 18.5. The molecular weight excluding hydrogens is 609 g/mol. The number of thioether (sulfide) groups is 2. The highest BCUT2D eigenvalue weighted by atomic mass is 32.2. The quantitative estimate of drug-likeness (QED) is 0.311. The molecule has 4 aromatic rings. The Labute approximate surface area is 274 Å². The number of aromatic nitrogens is 2. The Hall–Kier alpha value is -2.64. The number of nitrogens with zero attached hydrogens (tertiary/aromatic N) is 4. The maximum absolute atomic E-state index is 10.3. The zero-order valence-electron chi connectivity index (χ0n) is 25.8. The van der Waals surface area contributed by atoms with Crippen molar-refractivity contribution in [1.82, 2.24) is 19.8 Å². The number of hydrogen-bond acceptors (Lipinski definition) is 11. The Kier molecular flexibility index (Phi) is 13.9. The molecule has 1 aliphatic rings. The van der Waals surface area contributed by atoms with Crippen molar-refractivity contribution in [3.8, 4) is 11.5 Å². The molecule has 1 fully saturated rings. The van der Waals surface area contributed by atoms with Crippen molar-refractivity contribution >= 4 is 45.3 Å². The van der Waals surface area contributed by atoms with Crippen LogP contribution in [0.15, 0.2) is 60.7 Å². The minimum atomic E-state index is 0.210. The Morgan fingerprint density at radius 3 is 1.49 bits per heavy atom. The second-order valence-electron chi connectivity index (χ2n) is 10.9. The summed E-state index contributed by atoms with van der Waals surface area (Å²) < 4.78 is 17.8. The van der Waals surface area contributed by atoms with Gasteiger partial charge in [-0.2, -0.15) is 23.5 Å². The summed E-state index contributed by atoms with van der Waals surface area (Å²) in [6, 6.07) is 19.1. The van der Waals surface area contributed by atoms with Crippen LogP contribution in [0.4, 0.5) is 0 Å². The number of aromatic hydroxyl groups is 2. The molecule has 1 aliphatic heterocycles. The van der Waals surface area contributed by atoms with Crippen LogP contribution in [-0.4, -0.2) is 119 Å². The first-order valence-electron chi connectivity index (χ1n) is 15.6. The first-order valence-corrected chi connectivity index (χ1v) is 18.0. The van der Waals surface area contributed by atoms with Crippen LogP contribution in [0.5, 0.6) is 11.5 Å². The lowest BCUT2D eigenvalue weighted by atomic mass is 10.2. The monoisotopic (exact) mass is 652 g/mol. The minimum absolute atomic E-state index is 0.210. The van der Waals surface area contributed by atoms with E-state index in [0.717, 1.165) is 84.6 Å². The van der Waals surface area contributed by atoms with Crippen LogP contribution in [-0.2, 0) is 27.3 Å². The van der Waals surface area contributed by atoms with E-state index >= 15 is 0 Å². The van der Waals surface area contributed by atoms with E-state index in [2.05, 4.69) is 9.80 Å². The van der Waals surface area contributed by atoms with Crippen molar-refractivity contribution in [3.63, 3.8) is 0 Å². The Morgan fingerprint density at radius 1 is 0.533 bits per heavy atom. The molecular formula is C34H44N4O5S2. The van der Waals surface area contributed by atoms with Gasteiger partial charge < -0.3 is 24.4 Å². The van der Waals surface area contributed by atoms with Crippen molar-refractivity contribution in [2.75, 3.05) is 88.8 Å². The topological polar surface area (TPSA) is 100 Å². The molecule has 1 saturated heterocycles. The van der Waals surface area contributed by atoms with Gasteiger partial charge in [0, 0.05) is 73.1 Å². The molecule has 9 nitrogen and oxygen atoms in total. The first kappa shape index (κ1) is 33.7. The van der Waals surface area contributed by atoms with Crippen molar-refractivity contribution in [1.29, 1.82) is 0 Å². The average molecular weight is 653 g/mol. The maximum atomic E-state index is 10.3. The van der Waals surface area contributed by atoms with Gasteiger partial charge in [0.05, 0.1) is 51.0 Å². The summed E-state index contributed by atoms with van der Waals surface area (Å²) in [6.07, 6.45) is 0. The second kappa shape index (κ2) is 18.5. The Bertz CT molecular complexity index is 1370. The molecule has 0 spiro atoms. The van der Waals surface area contributed by atoms with Crippen molar-refractivity contribution in [2.45, 2.75) is 13.1 Å². The van der Waals surface area contributed by atoms with E-state index in [9.17, 15) is 10.2 Å². The summed E-state index contributed by atoms with van der Waals surface area (Å²) in [7, 11) is 0. The molecule has 0 unspecified atom stereocenters. The Morgan fingerprint density at radius 2 is 1.00 bits per heavy atom. The summed E-state index contributed by atoms with van der Waals surface area (Å²) in [5.74, 6) is 4.36. The predicted octanol–water partition coefficient (Wildman–Crippen LogP) is 5.03. The van der Waals surface area contributed by atoms with Gasteiger partial charge in [-0.15, -0.1) is 0 Å². The fraction of sp³-hybridized carbons (Fsp3) is 0.471. The molecule has 5 rings (SSSR count). The smallest absolute Gasteiger partial charge is 0.141 e. The molecule has 2 aromatic carbocycles. The molecule has 0 aliphatic carbocycles. The summed E-state index contributed by atoms with van der Waals surface area (Å²) in [5.41, 5.74) is 3.15. The molecule has 0 radical (unpaired) electrons. The number of pyridine rings is 2. The van der Waals surface area contributed by atoms with Crippen LogP contribution in [0.3, 0.4) is 0 Å². The lowest BCUT2D eigenvalue weighted by Crippen LogP contribution is -2.31. The fourth-order valence-corrected chi connectivity index (χ4v) is 6.81. The highest BCUT2D eigenvalue weighted by molar-refractivity contribution is 7.99. The number of hydrogen-bond donors (Lipinski definition) is 2. The first-order chi connectivity index (χ1) is 22.2. The third-order valence-corrected chi connectivity index (χ3v) is 9.46. The van der Waals surface area contributed by atoms with Crippen LogP contribution in [0.2, 0.25) is 0 Å². The van der Waals surface area contributed by atoms with Crippen molar-refractivity contribution < 1.29 is 24.4 Å². The second-order valence-corrected chi connectivity index (χ2v) is 13.4. The molecule has 2 aromatic heterocycles. The standard InChI is InChI=1S/C34H44N4O5S2/c39-31-5-1-3-27-7-9-29(35-33(27)31)25-37-11-15-41-17-18-42-16-12-38(14-22-45-24-20-43-19-23-44-21-13-37)26-30-10-8-28-4-2-6-32(40)34(28)36-30/h1-10,39-40H,11-26H2. The zero-order chi connectivity index (χ0) is 31.1. The molecule has 3 heterocycles. The number of benzene rings is 2. The van der Waals surface area contributed by atoms with Gasteiger partial charge in [-0.25, -0.2) is 9.97 Å². The minimum Gasteiger partial charge on any atom is -0.506 e.